The van der Waals surface area contributed by atoms with Crippen LogP contribution in [0.2, 0.25) is 0 Å². The first kappa shape index (κ1) is 25.7. The Morgan fingerprint density at radius 1 is 0.889 bits per heavy atom. The van der Waals surface area contributed by atoms with Crippen LogP contribution in [0.4, 0.5) is 0 Å². The molecule has 0 amide bonds. The second-order valence-corrected chi connectivity index (χ2v) is 7.35. The van der Waals surface area contributed by atoms with Gasteiger partial charge in [0.05, 0.1) is 5.92 Å². The van der Waals surface area contributed by atoms with Crippen molar-refractivity contribution in [1.82, 2.24) is 0 Å². The largest absolute Gasteiger partial charge is 0.426 e. The summed E-state index contributed by atoms with van der Waals surface area (Å²) in [6.45, 7) is 16.0. The Kier molecular flexibility index (Phi) is 15.0. The minimum absolute atomic E-state index is 0.0720. The van der Waals surface area contributed by atoms with Crippen LogP contribution in [0.25, 0.3) is 0 Å². The van der Waals surface area contributed by atoms with Crippen molar-refractivity contribution in [2.45, 2.75) is 92.9 Å². The van der Waals surface area contributed by atoms with Gasteiger partial charge in [0.2, 0.25) is 0 Å². The molecule has 0 unspecified atom stereocenters. The van der Waals surface area contributed by atoms with Crippen molar-refractivity contribution in [2.75, 3.05) is 0 Å². The molecular weight excluding hydrogens is 332 g/mol. The average Bonchev–Trinajstić information content (AvgIpc) is 2.74. The van der Waals surface area contributed by atoms with Gasteiger partial charge < -0.3 is 4.74 Å². The Labute approximate surface area is 169 Å². The summed E-state index contributed by atoms with van der Waals surface area (Å²) in [7, 11) is 0. The highest BCUT2D eigenvalue weighted by atomic mass is 16.5. The van der Waals surface area contributed by atoms with E-state index in [1.165, 1.54) is 38.5 Å². The van der Waals surface area contributed by atoms with E-state index in [-0.39, 0.29) is 11.9 Å². The number of hydrogen-bond acceptors (Lipinski definition) is 2. The normalized spacial score (nSPS) is 28.3. The molecule has 2 rings (SSSR count). The van der Waals surface area contributed by atoms with Gasteiger partial charge in [0.1, 0.15) is 5.76 Å². The topological polar surface area (TPSA) is 26.3 Å². The molecule has 0 aromatic rings. The SMILES string of the molecule is C=C/C(=C\C=C/C)OC(=O)C1CCC(C2CCC(C)CC2)CC1.CC.CC. The molecular formula is C25H44O2. The summed E-state index contributed by atoms with van der Waals surface area (Å²) in [6, 6.07) is 0. The number of carbonyl (C=O) groups excluding carboxylic acids is 1. The van der Waals surface area contributed by atoms with Crippen molar-refractivity contribution in [3.05, 3.63) is 36.6 Å². The van der Waals surface area contributed by atoms with Crippen molar-refractivity contribution in [2.24, 2.45) is 23.7 Å². The highest BCUT2D eigenvalue weighted by molar-refractivity contribution is 5.74. The van der Waals surface area contributed by atoms with Gasteiger partial charge in [-0.15, -0.1) is 0 Å². The van der Waals surface area contributed by atoms with Crippen molar-refractivity contribution < 1.29 is 9.53 Å². The molecule has 0 aromatic carbocycles. The lowest BCUT2D eigenvalue weighted by Gasteiger charge is -2.36. The van der Waals surface area contributed by atoms with Crippen LogP contribution in [0.3, 0.4) is 0 Å². The molecule has 2 saturated carbocycles. The monoisotopic (exact) mass is 376 g/mol. The first-order valence-corrected chi connectivity index (χ1v) is 11.3. The van der Waals surface area contributed by atoms with E-state index in [1.54, 1.807) is 12.2 Å². The summed E-state index contributed by atoms with van der Waals surface area (Å²) >= 11 is 0. The number of allylic oxidation sites excluding steroid dienone is 4. The van der Waals surface area contributed by atoms with E-state index in [4.69, 9.17) is 4.74 Å². The highest BCUT2D eigenvalue weighted by Gasteiger charge is 2.33. The molecule has 2 aliphatic carbocycles. The van der Waals surface area contributed by atoms with Crippen LogP contribution in [0.5, 0.6) is 0 Å². The third-order valence-corrected chi connectivity index (χ3v) is 5.70. The van der Waals surface area contributed by atoms with Crippen molar-refractivity contribution in [3.63, 3.8) is 0 Å². The number of ether oxygens (including phenoxy) is 1. The molecule has 27 heavy (non-hydrogen) atoms. The third-order valence-electron chi connectivity index (χ3n) is 5.70. The van der Waals surface area contributed by atoms with E-state index in [0.29, 0.717) is 5.76 Å². The van der Waals surface area contributed by atoms with Crippen molar-refractivity contribution >= 4 is 5.97 Å². The predicted molar refractivity (Wildman–Crippen MR) is 118 cm³/mol. The van der Waals surface area contributed by atoms with E-state index in [9.17, 15) is 4.79 Å². The van der Waals surface area contributed by atoms with Gasteiger partial charge in [-0.1, -0.05) is 66.2 Å². The lowest BCUT2D eigenvalue weighted by Crippen LogP contribution is -2.28. The summed E-state index contributed by atoms with van der Waals surface area (Å²) in [5.74, 6) is 3.21. The second-order valence-electron chi connectivity index (χ2n) is 7.35. The molecule has 2 fully saturated rings. The highest BCUT2D eigenvalue weighted by Crippen LogP contribution is 2.41. The Balaban J connectivity index is 0.00000158. The molecule has 0 heterocycles. The Hall–Kier alpha value is -1.31. The minimum atomic E-state index is -0.0728. The summed E-state index contributed by atoms with van der Waals surface area (Å²) < 4.78 is 5.49. The Morgan fingerprint density at radius 3 is 1.81 bits per heavy atom. The lowest BCUT2D eigenvalue weighted by atomic mass is 9.69. The fourth-order valence-corrected chi connectivity index (χ4v) is 4.12. The molecule has 2 heteroatoms. The zero-order chi connectivity index (χ0) is 20.7. The second kappa shape index (κ2) is 15.7. The van der Waals surface area contributed by atoms with E-state index in [0.717, 1.165) is 30.6 Å². The van der Waals surface area contributed by atoms with Gasteiger partial charge in [0.25, 0.3) is 0 Å². The van der Waals surface area contributed by atoms with E-state index in [1.807, 2.05) is 46.8 Å². The van der Waals surface area contributed by atoms with Crippen LogP contribution in [0.15, 0.2) is 36.6 Å². The fourth-order valence-electron chi connectivity index (χ4n) is 4.12. The maximum atomic E-state index is 12.3. The van der Waals surface area contributed by atoms with Gasteiger partial charge in [-0.05, 0) is 75.4 Å². The lowest BCUT2D eigenvalue weighted by molar-refractivity contribution is -0.145. The molecule has 0 atom stereocenters. The standard InChI is InChI=1S/C21H32O2.2C2H6/c1-4-6-7-20(5-2)23-21(22)19-14-12-18(13-15-19)17-10-8-16(3)9-11-17;2*1-2/h4-7,16-19H,2,8-15H2,1,3H3;2*1-2H3/b6-4-,20-7+;;. The Morgan fingerprint density at radius 2 is 1.37 bits per heavy atom. The molecule has 0 saturated heterocycles. The van der Waals surface area contributed by atoms with Gasteiger partial charge >= 0.3 is 5.97 Å². The molecule has 0 radical (unpaired) electrons. The summed E-state index contributed by atoms with van der Waals surface area (Å²) in [6.07, 6.45) is 17.1. The van der Waals surface area contributed by atoms with Gasteiger partial charge in [0, 0.05) is 0 Å². The van der Waals surface area contributed by atoms with Crippen LogP contribution in [-0.4, -0.2) is 5.97 Å². The molecule has 0 N–H and O–H groups in total. The smallest absolute Gasteiger partial charge is 0.314 e. The average molecular weight is 377 g/mol. The number of esters is 1. The van der Waals surface area contributed by atoms with E-state index < -0.39 is 0 Å². The number of rotatable bonds is 5. The van der Waals surface area contributed by atoms with Gasteiger partial charge in [-0.2, -0.15) is 0 Å². The van der Waals surface area contributed by atoms with Gasteiger partial charge in [-0.25, -0.2) is 0 Å². The zero-order valence-electron chi connectivity index (χ0n) is 18.8. The first-order valence-electron chi connectivity index (χ1n) is 11.3. The van der Waals surface area contributed by atoms with Crippen molar-refractivity contribution in [1.29, 1.82) is 0 Å². The Bertz CT molecular complexity index is 445. The van der Waals surface area contributed by atoms with Gasteiger partial charge in [-0.3, -0.25) is 4.79 Å². The van der Waals surface area contributed by atoms with E-state index >= 15 is 0 Å². The van der Waals surface area contributed by atoms with Crippen LogP contribution in [-0.2, 0) is 9.53 Å². The predicted octanol–water partition coefficient (Wildman–Crippen LogP) is 7.86. The maximum absolute atomic E-state index is 12.3. The van der Waals surface area contributed by atoms with Crippen LogP contribution in [0.1, 0.15) is 92.9 Å². The molecule has 0 bridgehead atoms. The van der Waals surface area contributed by atoms with Crippen LogP contribution in [0, 0.1) is 23.7 Å². The van der Waals surface area contributed by atoms with Gasteiger partial charge in [0.15, 0.2) is 0 Å². The number of hydrogen-bond donors (Lipinski definition) is 0. The maximum Gasteiger partial charge on any atom is 0.314 e. The molecule has 0 aromatic heterocycles. The van der Waals surface area contributed by atoms with Crippen molar-refractivity contribution in [3.8, 4) is 0 Å². The molecule has 0 aliphatic heterocycles. The third kappa shape index (κ3) is 9.44. The molecule has 0 spiro atoms. The summed E-state index contributed by atoms with van der Waals surface area (Å²) in [5, 5.41) is 0. The first-order chi connectivity index (χ1) is 13.1. The molecule has 2 aliphatic rings. The summed E-state index contributed by atoms with van der Waals surface area (Å²) in [4.78, 5) is 12.3. The van der Waals surface area contributed by atoms with E-state index in [2.05, 4.69) is 13.5 Å². The van der Waals surface area contributed by atoms with Crippen LogP contribution < -0.4 is 0 Å². The number of carbonyl (C=O) groups is 1. The fraction of sp³-hybridized carbons (Fsp3) is 0.720. The minimum Gasteiger partial charge on any atom is -0.426 e. The zero-order valence-corrected chi connectivity index (χ0v) is 18.8. The summed E-state index contributed by atoms with van der Waals surface area (Å²) in [5.41, 5.74) is 0. The molecule has 156 valence electrons. The molecule has 2 nitrogen and oxygen atoms in total. The van der Waals surface area contributed by atoms with Crippen LogP contribution >= 0.6 is 0 Å². The quantitative estimate of drug-likeness (QED) is 0.277.